The molecule has 0 aromatic rings. The van der Waals surface area contributed by atoms with E-state index in [1.165, 1.54) is 25.7 Å². The van der Waals surface area contributed by atoms with Gasteiger partial charge in [0.25, 0.3) is 0 Å². The molecule has 3 heteroatoms. The summed E-state index contributed by atoms with van der Waals surface area (Å²) in [4.78, 5) is 11.9. The van der Waals surface area contributed by atoms with Crippen molar-refractivity contribution < 1.29 is 4.79 Å². The highest BCUT2D eigenvalue weighted by Gasteiger charge is 2.41. The van der Waals surface area contributed by atoms with E-state index in [2.05, 4.69) is 26.1 Å². The summed E-state index contributed by atoms with van der Waals surface area (Å²) in [6.07, 6.45) is 5.61. The molecule has 0 aromatic heterocycles. The second-order valence-corrected chi connectivity index (χ2v) is 7.63. The van der Waals surface area contributed by atoms with E-state index < -0.39 is 0 Å². The molecule has 2 saturated carbocycles. The molecule has 2 aliphatic rings. The Kier molecular flexibility index (Phi) is 4.99. The average Bonchev–Trinajstić information content (AvgIpc) is 2.89. The van der Waals surface area contributed by atoms with Crippen LogP contribution in [0.3, 0.4) is 0 Å². The van der Waals surface area contributed by atoms with Crippen molar-refractivity contribution in [3.8, 4) is 0 Å². The van der Waals surface area contributed by atoms with Gasteiger partial charge in [0.1, 0.15) is 0 Å². The third-order valence-electron chi connectivity index (χ3n) is 4.51. The van der Waals surface area contributed by atoms with Crippen molar-refractivity contribution in [2.45, 2.75) is 52.5 Å². The van der Waals surface area contributed by atoms with E-state index >= 15 is 0 Å². The lowest BCUT2D eigenvalue weighted by molar-refractivity contribution is -0.119. The van der Waals surface area contributed by atoms with Gasteiger partial charge in [0.05, 0.1) is 5.75 Å². The SMILES string of the molecule is CC(C)CSCC(=O)NC(C)C1CC2CCC1C2. The van der Waals surface area contributed by atoms with Crippen LogP contribution in [-0.4, -0.2) is 23.5 Å². The van der Waals surface area contributed by atoms with Gasteiger partial charge in [-0.1, -0.05) is 20.3 Å². The van der Waals surface area contributed by atoms with Crippen LogP contribution in [0.25, 0.3) is 0 Å². The zero-order valence-electron chi connectivity index (χ0n) is 11.9. The summed E-state index contributed by atoms with van der Waals surface area (Å²) in [6, 6.07) is 0.382. The van der Waals surface area contributed by atoms with Crippen LogP contribution in [0.1, 0.15) is 46.5 Å². The van der Waals surface area contributed by atoms with Crippen LogP contribution >= 0.6 is 11.8 Å². The fourth-order valence-electron chi connectivity index (χ4n) is 3.70. The molecule has 2 rings (SSSR count). The maximum absolute atomic E-state index is 11.9. The van der Waals surface area contributed by atoms with E-state index in [1.807, 2.05) is 0 Å². The Labute approximate surface area is 116 Å². The molecule has 104 valence electrons. The molecule has 1 N–H and O–H groups in total. The largest absolute Gasteiger partial charge is 0.353 e. The van der Waals surface area contributed by atoms with Crippen molar-refractivity contribution in [2.75, 3.05) is 11.5 Å². The van der Waals surface area contributed by atoms with Crippen LogP contribution in [0.2, 0.25) is 0 Å². The zero-order valence-corrected chi connectivity index (χ0v) is 12.8. The Bertz CT molecular complexity index is 292. The molecule has 0 aliphatic heterocycles. The summed E-state index contributed by atoms with van der Waals surface area (Å²) in [5.74, 6) is 5.23. The van der Waals surface area contributed by atoms with Gasteiger partial charge >= 0.3 is 0 Å². The summed E-state index contributed by atoms with van der Waals surface area (Å²) < 4.78 is 0. The maximum atomic E-state index is 11.9. The molecular weight excluding hydrogens is 242 g/mol. The van der Waals surface area contributed by atoms with E-state index in [0.29, 0.717) is 17.7 Å². The summed E-state index contributed by atoms with van der Waals surface area (Å²) in [7, 11) is 0. The van der Waals surface area contributed by atoms with Gasteiger partial charge in [-0.05, 0) is 55.6 Å². The lowest BCUT2D eigenvalue weighted by atomic mass is 9.84. The molecule has 0 spiro atoms. The molecule has 2 aliphatic carbocycles. The van der Waals surface area contributed by atoms with E-state index in [-0.39, 0.29) is 5.91 Å². The first-order valence-corrected chi connectivity index (χ1v) is 8.58. The molecule has 0 saturated heterocycles. The van der Waals surface area contributed by atoms with Gasteiger partial charge in [-0.25, -0.2) is 0 Å². The molecular formula is C15H27NOS. The van der Waals surface area contributed by atoms with Gasteiger partial charge in [-0.3, -0.25) is 4.79 Å². The summed E-state index contributed by atoms with van der Waals surface area (Å²) >= 11 is 1.76. The summed E-state index contributed by atoms with van der Waals surface area (Å²) in [5, 5.41) is 3.22. The molecule has 1 amide bonds. The number of hydrogen-bond donors (Lipinski definition) is 1. The first-order valence-electron chi connectivity index (χ1n) is 7.43. The molecule has 0 aromatic carbocycles. The normalized spacial score (nSPS) is 31.9. The molecule has 4 unspecified atom stereocenters. The summed E-state index contributed by atoms with van der Waals surface area (Å²) in [6.45, 7) is 6.60. The van der Waals surface area contributed by atoms with Crippen molar-refractivity contribution in [1.29, 1.82) is 0 Å². The van der Waals surface area contributed by atoms with Gasteiger partial charge in [-0.15, -0.1) is 0 Å². The number of carbonyl (C=O) groups excluding carboxylic acids is 1. The minimum Gasteiger partial charge on any atom is -0.353 e. The zero-order chi connectivity index (χ0) is 13.1. The smallest absolute Gasteiger partial charge is 0.230 e. The third kappa shape index (κ3) is 3.66. The number of nitrogens with one attached hydrogen (secondary N) is 1. The minimum atomic E-state index is 0.232. The van der Waals surface area contributed by atoms with E-state index in [4.69, 9.17) is 0 Å². The fourth-order valence-corrected chi connectivity index (χ4v) is 4.55. The first-order chi connectivity index (χ1) is 8.56. The number of thioether (sulfide) groups is 1. The topological polar surface area (TPSA) is 29.1 Å². The highest BCUT2D eigenvalue weighted by atomic mass is 32.2. The Morgan fingerprint density at radius 2 is 2.06 bits per heavy atom. The second-order valence-electron chi connectivity index (χ2n) is 6.60. The predicted molar refractivity (Wildman–Crippen MR) is 78.7 cm³/mol. The monoisotopic (exact) mass is 269 g/mol. The first kappa shape index (κ1) is 14.2. The van der Waals surface area contributed by atoms with Crippen LogP contribution in [-0.2, 0) is 4.79 Å². The van der Waals surface area contributed by atoms with Crippen LogP contribution < -0.4 is 5.32 Å². The van der Waals surface area contributed by atoms with Crippen molar-refractivity contribution >= 4 is 17.7 Å². The number of carbonyl (C=O) groups is 1. The standard InChI is InChI=1S/C15H27NOS/c1-10(2)8-18-9-15(17)16-11(3)14-7-12-4-5-13(14)6-12/h10-14H,4-9H2,1-3H3,(H,16,17). The van der Waals surface area contributed by atoms with Gasteiger partial charge < -0.3 is 5.32 Å². The van der Waals surface area contributed by atoms with Gasteiger partial charge in [-0.2, -0.15) is 11.8 Å². The Morgan fingerprint density at radius 1 is 1.28 bits per heavy atom. The molecule has 4 atom stereocenters. The third-order valence-corrected chi connectivity index (χ3v) is 5.88. The van der Waals surface area contributed by atoms with Crippen molar-refractivity contribution in [2.24, 2.45) is 23.7 Å². The van der Waals surface area contributed by atoms with E-state index in [9.17, 15) is 4.79 Å². The van der Waals surface area contributed by atoms with Gasteiger partial charge in [0.2, 0.25) is 5.91 Å². The number of rotatable bonds is 6. The number of hydrogen-bond acceptors (Lipinski definition) is 2. The van der Waals surface area contributed by atoms with Gasteiger partial charge in [0.15, 0.2) is 0 Å². The Morgan fingerprint density at radius 3 is 2.61 bits per heavy atom. The highest BCUT2D eigenvalue weighted by molar-refractivity contribution is 7.99. The fraction of sp³-hybridized carbons (Fsp3) is 0.933. The quantitative estimate of drug-likeness (QED) is 0.801. The Hall–Kier alpha value is -0.180. The molecule has 18 heavy (non-hydrogen) atoms. The number of amides is 1. The Balaban J connectivity index is 1.67. The van der Waals surface area contributed by atoms with E-state index in [1.54, 1.807) is 11.8 Å². The van der Waals surface area contributed by atoms with Gasteiger partial charge in [0, 0.05) is 6.04 Å². The second kappa shape index (κ2) is 6.31. The lowest BCUT2D eigenvalue weighted by Crippen LogP contribution is -2.41. The lowest BCUT2D eigenvalue weighted by Gasteiger charge is -2.28. The maximum Gasteiger partial charge on any atom is 0.230 e. The molecule has 0 heterocycles. The highest BCUT2D eigenvalue weighted by Crippen LogP contribution is 2.49. The van der Waals surface area contributed by atoms with Crippen LogP contribution in [0.4, 0.5) is 0 Å². The van der Waals surface area contributed by atoms with Crippen LogP contribution in [0.5, 0.6) is 0 Å². The van der Waals surface area contributed by atoms with Crippen LogP contribution in [0, 0.1) is 23.7 Å². The summed E-state index contributed by atoms with van der Waals surface area (Å²) in [5.41, 5.74) is 0. The molecule has 0 radical (unpaired) electrons. The van der Waals surface area contributed by atoms with E-state index in [0.717, 1.165) is 23.5 Å². The van der Waals surface area contributed by atoms with Crippen molar-refractivity contribution in [3.05, 3.63) is 0 Å². The van der Waals surface area contributed by atoms with Crippen molar-refractivity contribution in [1.82, 2.24) is 5.32 Å². The molecule has 2 bridgehead atoms. The number of fused-ring (bicyclic) bond motifs is 2. The predicted octanol–water partition coefficient (Wildman–Crippen LogP) is 3.32. The molecule has 2 fully saturated rings. The van der Waals surface area contributed by atoms with Crippen molar-refractivity contribution in [3.63, 3.8) is 0 Å². The average molecular weight is 269 g/mol. The minimum absolute atomic E-state index is 0.232. The van der Waals surface area contributed by atoms with Crippen LogP contribution in [0.15, 0.2) is 0 Å². The molecule has 2 nitrogen and oxygen atoms in total.